The lowest BCUT2D eigenvalue weighted by molar-refractivity contribution is -0.147. The van der Waals surface area contributed by atoms with E-state index in [2.05, 4.69) is 10.1 Å². The van der Waals surface area contributed by atoms with Gasteiger partial charge in [0.05, 0.1) is 7.11 Å². The van der Waals surface area contributed by atoms with Crippen LogP contribution < -0.4 is 5.32 Å². The molecule has 0 fully saturated rings. The van der Waals surface area contributed by atoms with Crippen molar-refractivity contribution < 1.29 is 33.0 Å². The summed E-state index contributed by atoms with van der Waals surface area (Å²) in [7, 11) is 1.23. The second-order valence-electron chi connectivity index (χ2n) is 7.25. The molecule has 156 valence electrons. The molecule has 8 heteroatoms. The highest BCUT2D eigenvalue weighted by Crippen LogP contribution is 2.14. The van der Waals surface area contributed by atoms with Crippen LogP contribution in [0.2, 0.25) is 0 Å². The van der Waals surface area contributed by atoms with Crippen molar-refractivity contribution in [3.63, 3.8) is 0 Å². The van der Waals surface area contributed by atoms with Crippen LogP contribution in [0.4, 0.5) is 4.79 Å². The van der Waals surface area contributed by atoms with Crippen molar-refractivity contribution in [1.29, 1.82) is 0 Å². The summed E-state index contributed by atoms with van der Waals surface area (Å²) in [6, 6.07) is 11.0. The fraction of sp³-hybridized carbons (Fsp3) is 0.381. The van der Waals surface area contributed by atoms with Crippen molar-refractivity contribution >= 4 is 18.0 Å². The third-order valence-electron chi connectivity index (χ3n) is 3.65. The standard InChI is InChI=1S/C21H25NO7/c1-21(2,3)29-20(25)22-16(12-15-10-11-17(28-15)19(24)26-4)18(23)27-13-14-8-6-5-7-9-14/h5-11,16H,12-13H2,1-4H3,(H,22,25)/t16-/m0/s1. The van der Waals surface area contributed by atoms with Crippen LogP contribution in [-0.2, 0) is 32.0 Å². The number of benzene rings is 1. The zero-order valence-electron chi connectivity index (χ0n) is 16.9. The molecule has 0 radical (unpaired) electrons. The molecule has 2 aromatic rings. The molecule has 2 rings (SSSR count). The first kappa shape index (κ1) is 22.0. The molecule has 1 heterocycles. The third kappa shape index (κ3) is 7.33. The summed E-state index contributed by atoms with van der Waals surface area (Å²) in [6.07, 6.45) is -0.789. The molecule has 0 saturated heterocycles. The van der Waals surface area contributed by atoms with Crippen molar-refractivity contribution in [3.8, 4) is 0 Å². The van der Waals surface area contributed by atoms with Gasteiger partial charge in [0.25, 0.3) is 0 Å². The molecule has 0 spiro atoms. The summed E-state index contributed by atoms with van der Waals surface area (Å²) in [5.74, 6) is -0.991. The van der Waals surface area contributed by atoms with Gasteiger partial charge in [0, 0.05) is 6.42 Å². The fourth-order valence-electron chi connectivity index (χ4n) is 2.37. The summed E-state index contributed by atoms with van der Waals surface area (Å²) in [5.41, 5.74) is 0.0773. The van der Waals surface area contributed by atoms with E-state index in [9.17, 15) is 14.4 Å². The summed E-state index contributed by atoms with van der Waals surface area (Å²) < 4.78 is 20.5. The van der Waals surface area contributed by atoms with Crippen LogP contribution in [0.1, 0.15) is 42.6 Å². The lowest BCUT2D eigenvalue weighted by atomic mass is 10.1. The molecule has 8 nitrogen and oxygen atoms in total. The Bertz CT molecular complexity index is 836. The first-order chi connectivity index (χ1) is 13.7. The minimum Gasteiger partial charge on any atom is -0.463 e. The van der Waals surface area contributed by atoms with E-state index in [0.717, 1.165) is 5.56 Å². The summed E-state index contributed by atoms with van der Waals surface area (Å²) in [6.45, 7) is 5.19. The first-order valence-electron chi connectivity index (χ1n) is 9.05. The van der Waals surface area contributed by atoms with Crippen LogP contribution in [-0.4, -0.2) is 36.8 Å². The predicted octanol–water partition coefficient (Wildman–Crippen LogP) is 3.25. The van der Waals surface area contributed by atoms with E-state index >= 15 is 0 Å². The number of hydrogen-bond donors (Lipinski definition) is 1. The first-order valence-corrected chi connectivity index (χ1v) is 9.05. The maximum atomic E-state index is 12.6. The van der Waals surface area contributed by atoms with Gasteiger partial charge < -0.3 is 23.9 Å². The molecular formula is C21H25NO7. The van der Waals surface area contributed by atoms with E-state index < -0.39 is 29.7 Å². The van der Waals surface area contributed by atoms with Gasteiger partial charge in [0.15, 0.2) is 0 Å². The summed E-state index contributed by atoms with van der Waals surface area (Å²) >= 11 is 0. The fourth-order valence-corrected chi connectivity index (χ4v) is 2.37. The molecular weight excluding hydrogens is 378 g/mol. The quantitative estimate of drug-likeness (QED) is 0.559. The maximum Gasteiger partial charge on any atom is 0.408 e. The van der Waals surface area contributed by atoms with Crippen LogP contribution in [0.25, 0.3) is 0 Å². The molecule has 0 aliphatic heterocycles. The van der Waals surface area contributed by atoms with E-state index in [1.54, 1.807) is 20.8 Å². The maximum absolute atomic E-state index is 12.6. The normalized spacial score (nSPS) is 12.0. The van der Waals surface area contributed by atoms with Gasteiger partial charge in [-0.15, -0.1) is 0 Å². The Balaban J connectivity index is 2.09. The molecule has 0 aliphatic carbocycles. The van der Waals surface area contributed by atoms with Gasteiger partial charge in [0.2, 0.25) is 5.76 Å². The molecule has 1 aromatic heterocycles. The number of esters is 2. The monoisotopic (exact) mass is 403 g/mol. The van der Waals surface area contributed by atoms with Gasteiger partial charge in [-0.05, 0) is 38.5 Å². The van der Waals surface area contributed by atoms with Gasteiger partial charge in [-0.3, -0.25) is 0 Å². The van der Waals surface area contributed by atoms with Crippen LogP contribution in [0.15, 0.2) is 46.9 Å². The highest BCUT2D eigenvalue weighted by atomic mass is 16.6. The van der Waals surface area contributed by atoms with Gasteiger partial charge >= 0.3 is 18.0 Å². The molecule has 1 N–H and O–H groups in total. The van der Waals surface area contributed by atoms with E-state index in [1.165, 1.54) is 19.2 Å². The molecule has 29 heavy (non-hydrogen) atoms. The number of furan rings is 1. The minimum absolute atomic E-state index is 0.00355. The van der Waals surface area contributed by atoms with E-state index in [-0.39, 0.29) is 18.8 Å². The van der Waals surface area contributed by atoms with Crippen LogP contribution in [0.5, 0.6) is 0 Å². The molecule has 0 saturated carbocycles. The number of carbonyl (C=O) groups excluding carboxylic acids is 3. The van der Waals surface area contributed by atoms with Gasteiger partial charge in [0.1, 0.15) is 24.0 Å². The van der Waals surface area contributed by atoms with Gasteiger partial charge in [-0.1, -0.05) is 30.3 Å². The lowest BCUT2D eigenvalue weighted by Gasteiger charge is -2.22. The van der Waals surface area contributed by atoms with E-state index in [1.807, 2.05) is 30.3 Å². The summed E-state index contributed by atoms with van der Waals surface area (Å²) in [4.78, 5) is 36.3. The highest BCUT2D eigenvalue weighted by molar-refractivity contribution is 5.86. The zero-order chi connectivity index (χ0) is 21.4. The smallest absolute Gasteiger partial charge is 0.408 e. The zero-order valence-corrected chi connectivity index (χ0v) is 16.9. The number of amides is 1. The number of hydrogen-bond acceptors (Lipinski definition) is 7. The van der Waals surface area contributed by atoms with Crippen molar-refractivity contribution in [2.45, 2.75) is 45.4 Å². The number of nitrogens with one attached hydrogen (secondary N) is 1. The third-order valence-corrected chi connectivity index (χ3v) is 3.65. The average molecular weight is 403 g/mol. The Morgan fingerprint density at radius 1 is 1.07 bits per heavy atom. The number of carbonyl (C=O) groups is 3. The molecule has 1 atom stereocenters. The van der Waals surface area contributed by atoms with Crippen LogP contribution in [0, 0.1) is 0 Å². The largest absolute Gasteiger partial charge is 0.463 e. The van der Waals surface area contributed by atoms with Crippen LogP contribution in [0.3, 0.4) is 0 Å². The Labute approximate surface area is 169 Å². The Morgan fingerprint density at radius 2 is 1.76 bits per heavy atom. The predicted molar refractivity (Wildman–Crippen MR) is 103 cm³/mol. The lowest BCUT2D eigenvalue weighted by Crippen LogP contribution is -2.45. The summed E-state index contributed by atoms with van der Waals surface area (Å²) in [5, 5.41) is 2.50. The molecule has 0 aliphatic rings. The average Bonchev–Trinajstić information content (AvgIpc) is 3.13. The number of rotatable bonds is 7. The van der Waals surface area contributed by atoms with E-state index in [0.29, 0.717) is 5.76 Å². The molecule has 0 bridgehead atoms. The number of alkyl carbamates (subject to hydrolysis) is 1. The van der Waals surface area contributed by atoms with Crippen LogP contribution >= 0.6 is 0 Å². The molecule has 1 amide bonds. The van der Waals surface area contributed by atoms with Crippen molar-refractivity contribution in [1.82, 2.24) is 5.32 Å². The van der Waals surface area contributed by atoms with Crippen molar-refractivity contribution in [3.05, 3.63) is 59.5 Å². The number of methoxy groups -OCH3 is 1. The second-order valence-corrected chi connectivity index (χ2v) is 7.25. The SMILES string of the molecule is COC(=O)c1ccc(C[C@H](NC(=O)OC(C)(C)C)C(=O)OCc2ccccc2)o1. The molecule has 1 aromatic carbocycles. The van der Waals surface area contributed by atoms with Gasteiger partial charge in [-0.2, -0.15) is 0 Å². The Morgan fingerprint density at radius 3 is 2.38 bits per heavy atom. The highest BCUT2D eigenvalue weighted by Gasteiger charge is 2.27. The number of ether oxygens (including phenoxy) is 3. The second kappa shape index (κ2) is 9.77. The Hall–Kier alpha value is -3.29. The van der Waals surface area contributed by atoms with Gasteiger partial charge in [-0.25, -0.2) is 14.4 Å². The van der Waals surface area contributed by atoms with Crippen molar-refractivity contribution in [2.24, 2.45) is 0 Å². The molecule has 0 unspecified atom stereocenters. The van der Waals surface area contributed by atoms with E-state index in [4.69, 9.17) is 13.9 Å². The van der Waals surface area contributed by atoms with Crippen molar-refractivity contribution in [2.75, 3.05) is 7.11 Å². The Kier molecular flexibility index (Phi) is 7.41. The minimum atomic E-state index is -1.06. The topological polar surface area (TPSA) is 104 Å².